The Kier molecular flexibility index (Phi) is 7.34. The summed E-state index contributed by atoms with van der Waals surface area (Å²) in [4.78, 5) is 0.163. The van der Waals surface area contributed by atoms with Crippen LogP contribution in [0.3, 0.4) is 0 Å². The van der Waals surface area contributed by atoms with Crippen molar-refractivity contribution in [2.45, 2.75) is 24.5 Å². The summed E-state index contributed by atoms with van der Waals surface area (Å²) < 4.78 is 56.1. The molecule has 1 heterocycles. The van der Waals surface area contributed by atoms with Gasteiger partial charge in [-0.05, 0) is 55.5 Å². The zero-order valence-electron chi connectivity index (χ0n) is 22.5. The lowest BCUT2D eigenvalue weighted by atomic mass is 10.2. The Morgan fingerprint density at radius 1 is 0.750 bits per heavy atom. The fourth-order valence-corrected chi connectivity index (χ4v) is 7.07. The molecule has 0 aliphatic carbocycles. The van der Waals surface area contributed by atoms with E-state index in [2.05, 4.69) is 0 Å². The van der Waals surface area contributed by atoms with Gasteiger partial charge in [0.2, 0.25) is 10.0 Å². The first-order chi connectivity index (χ1) is 19.0. The van der Waals surface area contributed by atoms with Crippen LogP contribution in [-0.4, -0.2) is 52.5 Å². The number of para-hydroxylation sites is 2. The topological polar surface area (TPSA) is 99.9 Å². The van der Waals surface area contributed by atoms with Crippen molar-refractivity contribution >= 4 is 53.2 Å². The van der Waals surface area contributed by atoms with E-state index in [4.69, 9.17) is 0 Å². The van der Waals surface area contributed by atoms with Crippen molar-refractivity contribution in [2.24, 2.45) is 0 Å². The predicted molar refractivity (Wildman–Crippen MR) is 161 cm³/mol. The lowest BCUT2D eigenvalue weighted by Gasteiger charge is -2.26. The van der Waals surface area contributed by atoms with Crippen molar-refractivity contribution in [3.05, 3.63) is 103 Å². The van der Waals surface area contributed by atoms with Crippen LogP contribution in [0.2, 0.25) is 0 Å². The number of sulfonamides is 2. The molecule has 5 aromatic rings. The largest absolute Gasteiger partial charge is 0.389 e. The standard InChI is InChI=1S/C30H31N3O5S2/c1-22-12-18-26(19-13-22)40(37,38)31(2)23-14-16-24(17-15-23)33(39(3,35)36)21-25(34)20-32-29-10-6-4-8-27(29)28-9-5-7-11-30(28)32/h4-19,25,34H,20-21H2,1-3H3/t25-/m1/s1. The summed E-state index contributed by atoms with van der Waals surface area (Å²) in [5.74, 6) is 0. The minimum absolute atomic E-state index is 0.163. The minimum Gasteiger partial charge on any atom is -0.389 e. The number of anilines is 2. The Hall–Kier alpha value is -3.86. The summed E-state index contributed by atoms with van der Waals surface area (Å²) in [7, 11) is -6.10. The number of benzene rings is 4. The Morgan fingerprint density at radius 2 is 1.25 bits per heavy atom. The summed E-state index contributed by atoms with van der Waals surface area (Å²) in [6.45, 7) is 1.90. The van der Waals surface area contributed by atoms with Crippen LogP contribution in [0.25, 0.3) is 21.8 Å². The van der Waals surface area contributed by atoms with Gasteiger partial charge in [0.15, 0.2) is 0 Å². The Morgan fingerprint density at radius 3 is 1.77 bits per heavy atom. The van der Waals surface area contributed by atoms with E-state index in [1.165, 1.54) is 7.05 Å². The third-order valence-electron chi connectivity index (χ3n) is 7.03. The van der Waals surface area contributed by atoms with Crippen LogP contribution in [0.4, 0.5) is 11.4 Å². The maximum absolute atomic E-state index is 13.1. The number of hydrogen-bond donors (Lipinski definition) is 1. The molecule has 0 amide bonds. The highest BCUT2D eigenvalue weighted by Gasteiger charge is 2.25. The van der Waals surface area contributed by atoms with E-state index in [9.17, 15) is 21.9 Å². The molecule has 0 aliphatic rings. The average molecular weight is 578 g/mol. The van der Waals surface area contributed by atoms with Gasteiger partial charge in [0.25, 0.3) is 10.0 Å². The summed E-state index contributed by atoms with van der Waals surface area (Å²) in [6, 6.07) is 28.6. The third kappa shape index (κ3) is 5.30. The molecule has 5 rings (SSSR count). The molecule has 0 saturated heterocycles. The van der Waals surface area contributed by atoms with E-state index in [1.54, 1.807) is 48.5 Å². The molecule has 0 bridgehead atoms. The molecular weight excluding hydrogens is 546 g/mol. The van der Waals surface area contributed by atoms with Gasteiger partial charge in [0, 0.05) is 28.9 Å². The second kappa shape index (κ2) is 10.6. The molecule has 1 N–H and O–H groups in total. The van der Waals surface area contributed by atoms with Crippen LogP contribution >= 0.6 is 0 Å². The van der Waals surface area contributed by atoms with Gasteiger partial charge in [-0.1, -0.05) is 54.1 Å². The van der Waals surface area contributed by atoms with E-state index in [-0.39, 0.29) is 18.0 Å². The molecule has 208 valence electrons. The highest BCUT2D eigenvalue weighted by atomic mass is 32.2. The van der Waals surface area contributed by atoms with Crippen molar-refractivity contribution in [2.75, 3.05) is 28.5 Å². The van der Waals surface area contributed by atoms with E-state index in [0.717, 1.165) is 42.2 Å². The summed E-state index contributed by atoms with van der Waals surface area (Å²) in [5.41, 5.74) is 3.57. The maximum Gasteiger partial charge on any atom is 0.264 e. The molecule has 8 nitrogen and oxygen atoms in total. The normalized spacial score (nSPS) is 13.0. The van der Waals surface area contributed by atoms with Gasteiger partial charge < -0.3 is 9.67 Å². The number of fused-ring (bicyclic) bond motifs is 3. The van der Waals surface area contributed by atoms with Crippen molar-refractivity contribution in [3.63, 3.8) is 0 Å². The molecule has 0 saturated carbocycles. The van der Waals surface area contributed by atoms with Crippen LogP contribution < -0.4 is 8.61 Å². The molecule has 40 heavy (non-hydrogen) atoms. The second-order valence-corrected chi connectivity index (χ2v) is 13.8. The van der Waals surface area contributed by atoms with Crippen LogP contribution in [0.5, 0.6) is 0 Å². The molecule has 1 atom stereocenters. The number of hydrogen-bond acceptors (Lipinski definition) is 5. The molecule has 0 spiro atoms. The Bertz CT molecular complexity index is 1830. The first kappa shape index (κ1) is 27.7. The number of aliphatic hydroxyl groups is 1. The molecular formula is C30H31N3O5S2. The average Bonchev–Trinajstić information content (AvgIpc) is 3.24. The molecule has 4 aromatic carbocycles. The van der Waals surface area contributed by atoms with Crippen molar-refractivity contribution in [1.29, 1.82) is 0 Å². The van der Waals surface area contributed by atoms with Gasteiger partial charge in [0.05, 0.1) is 41.7 Å². The highest BCUT2D eigenvalue weighted by Crippen LogP contribution is 2.30. The SMILES string of the molecule is Cc1ccc(S(=O)(=O)N(C)c2ccc(N(C[C@H](O)Cn3c4ccccc4c4ccccc43)S(C)(=O)=O)cc2)cc1. The highest BCUT2D eigenvalue weighted by molar-refractivity contribution is 7.93. The van der Waals surface area contributed by atoms with E-state index in [1.807, 2.05) is 60.0 Å². The van der Waals surface area contributed by atoms with Crippen molar-refractivity contribution in [1.82, 2.24) is 4.57 Å². The fourth-order valence-electron chi connectivity index (χ4n) is 4.93. The second-order valence-electron chi connectivity index (χ2n) is 9.89. The third-order valence-corrected chi connectivity index (χ3v) is 9.99. The number of aliphatic hydroxyl groups excluding tert-OH is 1. The van der Waals surface area contributed by atoms with Crippen LogP contribution in [0.1, 0.15) is 5.56 Å². The first-order valence-corrected chi connectivity index (χ1v) is 16.0. The minimum atomic E-state index is -3.80. The Labute approximate surface area is 234 Å². The smallest absolute Gasteiger partial charge is 0.264 e. The molecule has 0 unspecified atom stereocenters. The maximum atomic E-state index is 13.1. The van der Waals surface area contributed by atoms with Gasteiger partial charge in [-0.15, -0.1) is 0 Å². The van der Waals surface area contributed by atoms with Crippen LogP contribution in [-0.2, 0) is 26.6 Å². The van der Waals surface area contributed by atoms with E-state index >= 15 is 0 Å². The lowest BCUT2D eigenvalue weighted by Crippen LogP contribution is -2.38. The molecule has 0 radical (unpaired) electrons. The van der Waals surface area contributed by atoms with Gasteiger partial charge in [-0.3, -0.25) is 8.61 Å². The van der Waals surface area contributed by atoms with Crippen LogP contribution in [0.15, 0.2) is 102 Å². The molecule has 1 aromatic heterocycles. The first-order valence-electron chi connectivity index (χ1n) is 12.7. The zero-order valence-corrected chi connectivity index (χ0v) is 24.1. The van der Waals surface area contributed by atoms with E-state index < -0.39 is 26.2 Å². The zero-order chi connectivity index (χ0) is 28.7. The predicted octanol–water partition coefficient (Wildman–Crippen LogP) is 4.76. The number of aromatic nitrogens is 1. The number of nitrogens with zero attached hydrogens (tertiary/aromatic N) is 3. The summed E-state index contributed by atoms with van der Waals surface area (Å²) in [6.07, 6.45) is 0.0698. The molecule has 0 fully saturated rings. The number of aryl methyl sites for hydroxylation is 1. The van der Waals surface area contributed by atoms with Gasteiger partial charge in [0.1, 0.15) is 0 Å². The van der Waals surface area contributed by atoms with Gasteiger partial charge in [-0.2, -0.15) is 0 Å². The van der Waals surface area contributed by atoms with Crippen molar-refractivity contribution < 1.29 is 21.9 Å². The summed E-state index contributed by atoms with van der Waals surface area (Å²) in [5, 5.41) is 13.2. The molecule has 10 heteroatoms. The Balaban J connectivity index is 1.40. The summed E-state index contributed by atoms with van der Waals surface area (Å²) >= 11 is 0. The monoisotopic (exact) mass is 577 g/mol. The van der Waals surface area contributed by atoms with Gasteiger partial charge >= 0.3 is 0 Å². The van der Waals surface area contributed by atoms with Crippen LogP contribution in [0, 0.1) is 6.92 Å². The van der Waals surface area contributed by atoms with E-state index in [0.29, 0.717) is 11.4 Å². The number of rotatable bonds is 9. The quantitative estimate of drug-likeness (QED) is 0.273. The van der Waals surface area contributed by atoms with Crippen molar-refractivity contribution in [3.8, 4) is 0 Å². The lowest BCUT2D eigenvalue weighted by molar-refractivity contribution is 0.166. The van der Waals surface area contributed by atoms with Gasteiger partial charge in [-0.25, -0.2) is 16.8 Å². The molecule has 0 aliphatic heterocycles. The fraction of sp³-hybridized carbons (Fsp3) is 0.200.